The van der Waals surface area contributed by atoms with Gasteiger partial charge in [-0.25, -0.2) is 14.5 Å². The zero-order chi connectivity index (χ0) is 17.7. The van der Waals surface area contributed by atoms with E-state index in [1.807, 2.05) is 0 Å². The number of carbonyl (C=O) groups excluding carboxylic acids is 2. The minimum Gasteiger partial charge on any atom is -0.463 e. The van der Waals surface area contributed by atoms with Crippen LogP contribution in [0.4, 0.5) is 10.5 Å². The number of amides is 1. The number of hydrogen-bond donors (Lipinski definition) is 0. The minimum absolute atomic E-state index is 0.288. The molecule has 6 nitrogen and oxygen atoms in total. The van der Waals surface area contributed by atoms with E-state index in [1.165, 1.54) is 23.3 Å². The molecular weight excluding hydrogens is 310 g/mol. The van der Waals surface area contributed by atoms with Gasteiger partial charge < -0.3 is 14.2 Å². The van der Waals surface area contributed by atoms with Gasteiger partial charge in [-0.05, 0) is 45.9 Å². The van der Waals surface area contributed by atoms with Gasteiger partial charge in [0, 0.05) is 6.08 Å². The molecule has 24 heavy (non-hydrogen) atoms. The first kappa shape index (κ1) is 17.6. The maximum atomic E-state index is 12.5. The maximum Gasteiger partial charge on any atom is 0.419 e. The van der Waals surface area contributed by atoms with E-state index in [9.17, 15) is 9.59 Å². The fourth-order valence-electron chi connectivity index (χ4n) is 1.97. The van der Waals surface area contributed by atoms with Crippen LogP contribution in [0.5, 0.6) is 5.75 Å². The van der Waals surface area contributed by atoms with Crippen molar-refractivity contribution >= 4 is 17.7 Å². The van der Waals surface area contributed by atoms with Crippen LogP contribution in [0.1, 0.15) is 27.7 Å². The number of allylic oxidation sites excluding steroid dienone is 1. The summed E-state index contributed by atoms with van der Waals surface area (Å²) >= 11 is 0. The predicted octanol–water partition coefficient (Wildman–Crippen LogP) is 3.78. The average Bonchev–Trinajstić information content (AvgIpc) is 2.50. The summed E-state index contributed by atoms with van der Waals surface area (Å²) in [7, 11) is 0. The number of fused-ring (bicyclic) bond motifs is 1. The lowest BCUT2D eigenvalue weighted by atomic mass is 10.2. The van der Waals surface area contributed by atoms with Crippen molar-refractivity contribution in [2.24, 2.45) is 0 Å². The van der Waals surface area contributed by atoms with Crippen molar-refractivity contribution in [3.8, 4) is 5.75 Å². The molecule has 1 aliphatic rings. The first-order valence-electron chi connectivity index (χ1n) is 7.66. The zero-order valence-electron chi connectivity index (χ0n) is 14.2. The topological polar surface area (TPSA) is 65.1 Å². The standard InChI is InChI=1S/C18H21NO5/c1-5-22-16(20)11-10-13-12-19(17(21)24-18(2,3)4)14-8-6-7-9-15(14)23-13/h6-12H,5H2,1-4H3/b11-10+. The van der Waals surface area contributed by atoms with Gasteiger partial charge in [0.1, 0.15) is 11.4 Å². The van der Waals surface area contributed by atoms with Crippen molar-refractivity contribution in [1.82, 2.24) is 0 Å². The number of para-hydroxylation sites is 2. The van der Waals surface area contributed by atoms with Gasteiger partial charge in [0.25, 0.3) is 0 Å². The fourth-order valence-corrected chi connectivity index (χ4v) is 1.97. The summed E-state index contributed by atoms with van der Waals surface area (Å²) in [5.74, 6) is 0.339. The van der Waals surface area contributed by atoms with E-state index < -0.39 is 17.7 Å². The summed E-state index contributed by atoms with van der Waals surface area (Å²) in [5, 5.41) is 0. The summed E-state index contributed by atoms with van der Waals surface area (Å²) in [5.41, 5.74) is -0.0564. The Morgan fingerprint density at radius 2 is 1.96 bits per heavy atom. The Balaban J connectivity index is 2.28. The van der Waals surface area contributed by atoms with Gasteiger partial charge >= 0.3 is 12.1 Å². The van der Waals surface area contributed by atoms with Crippen molar-refractivity contribution in [1.29, 1.82) is 0 Å². The Labute approximate surface area is 141 Å². The van der Waals surface area contributed by atoms with Crippen molar-refractivity contribution < 1.29 is 23.8 Å². The molecular formula is C18H21NO5. The molecule has 0 fully saturated rings. The number of benzene rings is 1. The molecule has 1 aromatic rings. The van der Waals surface area contributed by atoms with Crippen LogP contribution in [0.3, 0.4) is 0 Å². The third-order valence-electron chi connectivity index (χ3n) is 2.87. The molecule has 0 aliphatic carbocycles. The molecule has 1 aromatic carbocycles. The number of ether oxygens (including phenoxy) is 3. The number of hydrogen-bond acceptors (Lipinski definition) is 5. The van der Waals surface area contributed by atoms with Gasteiger partial charge in [-0.2, -0.15) is 0 Å². The number of rotatable bonds is 3. The van der Waals surface area contributed by atoms with Gasteiger partial charge in [-0.15, -0.1) is 0 Å². The quantitative estimate of drug-likeness (QED) is 0.623. The van der Waals surface area contributed by atoms with Crippen LogP contribution in [0.15, 0.2) is 48.4 Å². The van der Waals surface area contributed by atoms with Crippen LogP contribution < -0.4 is 9.64 Å². The largest absolute Gasteiger partial charge is 0.463 e. The highest BCUT2D eigenvalue weighted by Crippen LogP contribution is 2.35. The second kappa shape index (κ2) is 7.21. The number of nitrogens with zero attached hydrogens (tertiary/aromatic N) is 1. The Kier molecular flexibility index (Phi) is 5.28. The third kappa shape index (κ3) is 4.62. The first-order chi connectivity index (χ1) is 11.3. The second-order valence-corrected chi connectivity index (χ2v) is 6.04. The van der Waals surface area contributed by atoms with Crippen LogP contribution in [0.2, 0.25) is 0 Å². The molecule has 0 unspecified atom stereocenters. The molecule has 1 aliphatic heterocycles. The van der Waals surface area contributed by atoms with Gasteiger partial charge in [-0.3, -0.25) is 0 Å². The third-order valence-corrected chi connectivity index (χ3v) is 2.87. The molecule has 0 atom stereocenters. The average molecular weight is 331 g/mol. The van der Waals surface area contributed by atoms with E-state index in [0.29, 0.717) is 17.2 Å². The number of carbonyl (C=O) groups is 2. The summed E-state index contributed by atoms with van der Waals surface area (Å²) in [4.78, 5) is 25.2. The summed E-state index contributed by atoms with van der Waals surface area (Å²) in [6.07, 6.45) is 3.65. The number of anilines is 1. The molecule has 0 radical (unpaired) electrons. The molecule has 6 heteroatoms. The molecule has 1 amide bonds. The summed E-state index contributed by atoms with van der Waals surface area (Å²) < 4.78 is 15.9. The monoisotopic (exact) mass is 331 g/mol. The SMILES string of the molecule is CCOC(=O)/C=C/C1=CN(C(=O)OC(C)(C)C)c2ccccc2O1. The fraction of sp³-hybridized carbons (Fsp3) is 0.333. The molecule has 128 valence electrons. The summed E-state index contributed by atoms with van der Waals surface area (Å²) in [6.45, 7) is 7.39. The van der Waals surface area contributed by atoms with Crippen LogP contribution >= 0.6 is 0 Å². The van der Waals surface area contributed by atoms with Gasteiger partial charge in [0.05, 0.1) is 18.5 Å². The van der Waals surface area contributed by atoms with Gasteiger partial charge in [-0.1, -0.05) is 12.1 Å². The van der Waals surface area contributed by atoms with Crippen molar-refractivity contribution in [3.63, 3.8) is 0 Å². The lowest BCUT2D eigenvalue weighted by Gasteiger charge is -2.29. The highest BCUT2D eigenvalue weighted by atomic mass is 16.6. The van der Waals surface area contributed by atoms with Crippen LogP contribution in [0.25, 0.3) is 0 Å². The van der Waals surface area contributed by atoms with E-state index >= 15 is 0 Å². The highest BCUT2D eigenvalue weighted by molar-refractivity contribution is 5.93. The Hall–Kier alpha value is -2.76. The summed E-state index contributed by atoms with van der Waals surface area (Å²) in [6, 6.07) is 7.08. The van der Waals surface area contributed by atoms with Crippen LogP contribution in [0, 0.1) is 0 Å². The van der Waals surface area contributed by atoms with E-state index in [4.69, 9.17) is 14.2 Å². The van der Waals surface area contributed by atoms with E-state index in [0.717, 1.165) is 0 Å². The normalized spacial score (nSPS) is 13.8. The van der Waals surface area contributed by atoms with Crippen molar-refractivity contribution in [3.05, 3.63) is 48.4 Å². The number of esters is 1. The van der Waals surface area contributed by atoms with Crippen LogP contribution in [-0.4, -0.2) is 24.3 Å². The maximum absolute atomic E-state index is 12.5. The molecule has 0 N–H and O–H groups in total. The Morgan fingerprint density at radius 3 is 2.62 bits per heavy atom. The van der Waals surface area contributed by atoms with E-state index in [2.05, 4.69) is 0 Å². The Morgan fingerprint density at radius 1 is 1.25 bits per heavy atom. The van der Waals surface area contributed by atoms with E-state index in [1.54, 1.807) is 52.0 Å². The molecule has 0 spiro atoms. The highest BCUT2D eigenvalue weighted by Gasteiger charge is 2.27. The smallest absolute Gasteiger partial charge is 0.419 e. The van der Waals surface area contributed by atoms with Gasteiger partial charge in [0.15, 0.2) is 5.75 Å². The van der Waals surface area contributed by atoms with Crippen molar-refractivity contribution in [2.45, 2.75) is 33.3 Å². The predicted molar refractivity (Wildman–Crippen MR) is 89.6 cm³/mol. The lowest BCUT2D eigenvalue weighted by molar-refractivity contribution is -0.137. The zero-order valence-corrected chi connectivity index (χ0v) is 14.2. The lowest BCUT2D eigenvalue weighted by Crippen LogP contribution is -2.35. The van der Waals surface area contributed by atoms with Crippen LogP contribution in [-0.2, 0) is 14.3 Å². The molecule has 0 aromatic heterocycles. The van der Waals surface area contributed by atoms with Crippen molar-refractivity contribution in [2.75, 3.05) is 11.5 Å². The molecule has 1 heterocycles. The minimum atomic E-state index is -0.626. The van der Waals surface area contributed by atoms with Gasteiger partial charge in [0.2, 0.25) is 0 Å². The molecule has 0 saturated heterocycles. The second-order valence-electron chi connectivity index (χ2n) is 6.04. The first-order valence-corrected chi connectivity index (χ1v) is 7.66. The molecule has 2 rings (SSSR count). The molecule has 0 saturated carbocycles. The van der Waals surface area contributed by atoms with E-state index in [-0.39, 0.29) is 6.61 Å². The molecule has 0 bridgehead atoms. The Bertz CT molecular complexity index is 685.